The van der Waals surface area contributed by atoms with Crippen LogP contribution in [0.15, 0.2) is 64.6 Å². The summed E-state index contributed by atoms with van der Waals surface area (Å²) >= 11 is 1.46. The molecular weight excluding hydrogens is 425 g/mol. The molecule has 2 aromatic carbocycles. The zero-order chi connectivity index (χ0) is 21.1. The minimum Gasteiger partial charge on any atom is -0.308 e. The van der Waals surface area contributed by atoms with Crippen LogP contribution in [0.2, 0.25) is 0 Å². The van der Waals surface area contributed by atoms with Gasteiger partial charge in [-0.2, -0.15) is 13.2 Å². The van der Waals surface area contributed by atoms with E-state index in [0.29, 0.717) is 16.7 Å². The fourth-order valence-electron chi connectivity index (χ4n) is 2.41. The molecule has 1 aromatic heterocycles. The third-order valence-electron chi connectivity index (χ3n) is 4.05. The Morgan fingerprint density at radius 2 is 1.69 bits per heavy atom. The number of hydrogen-bond donors (Lipinski definition) is 1. The molecule has 1 N–H and O–H groups in total. The topological polar surface area (TPSA) is 76.9 Å². The molecule has 0 saturated heterocycles. The van der Waals surface area contributed by atoms with Crippen LogP contribution in [0.25, 0.3) is 0 Å². The fourth-order valence-corrected chi connectivity index (χ4v) is 4.28. The van der Waals surface area contributed by atoms with Gasteiger partial charge in [0, 0.05) is 12.8 Å². The highest BCUT2D eigenvalue weighted by Crippen LogP contribution is 2.29. The highest BCUT2D eigenvalue weighted by molar-refractivity contribution is 7.98. The first-order valence-corrected chi connectivity index (χ1v) is 10.9. The number of nitrogens with one attached hydrogen (secondary N) is 1. The van der Waals surface area contributed by atoms with E-state index < -0.39 is 21.8 Å². The molecule has 29 heavy (non-hydrogen) atoms. The van der Waals surface area contributed by atoms with Gasteiger partial charge >= 0.3 is 6.18 Å². The zero-order valence-electron chi connectivity index (χ0n) is 15.2. The molecule has 0 bridgehead atoms. The maximum absolute atomic E-state index is 12.6. The first kappa shape index (κ1) is 21.3. The van der Waals surface area contributed by atoms with E-state index in [-0.39, 0.29) is 11.4 Å². The molecule has 3 aromatic rings. The summed E-state index contributed by atoms with van der Waals surface area (Å²) in [4.78, 5) is -0.258. The van der Waals surface area contributed by atoms with Crippen LogP contribution >= 0.6 is 11.8 Å². The molecule has 0 aliphatic heterocycles. The molecule has 0 atom stereocenters. The Morgan fingerprint density at radius 1 is 1.03 bits per heavy atom. The molecule has 154 valence electrons. The van der Waals surface area contributed by atoms with Crippen LogP contribution in [0.3, 0.4) is 0 Å². The molecule has 0 saturated carbocycles. The van der Waals surface area contributed by atoms with E-state index in [4.69, 9.17) is 0 Å². The van der Waals surface area contributed by atoms with Crippen LogP contribution in [0.5, 0.6) is 0 Å². The Kier molecular flexibility index (Phi) is 6.30. The maximum atomic E-state index is 12.6. The van der Waals surface area contributed by atoms with E-state index in [1.807, 2.05) is 30.3 Å². The molecule has 3 rings (SSSR count). The predicted octanol–water partition coefficient (Wildman–Crippen LogP) is 3.60. The monoisotopic (exact) mass is 442 g/mol. The van der Waals surface area contributed by atoms with Gasteiger partial charge in [0.1, 0.15) is 5.82 Å². The quantitative estimate of drug-likeness (QED) is 0.566. The van der Waals surface area contributed by atoms with Gasteiger partial charge < -0.3 is 4.57 Å². The van der Waals surface area contributed by atoms with Crippen LogP contribution < -0.4 is 4.72 Å². The Bertz CT molecular complexity index is 1070. The number of aromatic nitrogens is 3. The number of sulfonamides is 1. The van der Waals surface area contributed by atoms with Crippen LogP contribution in [0.1, 0.15) is 17.0 Å². The molecule has 0 unspecified atom stereocenters. The van der Waals surface area contributed by atoms with Gasteiger partial charge in [-0.1, -0.05) is 42.1 Å². The smallest absolute Gasteiger partial charge is 0.308 e. The van der Waals surface area contributed by atoms with Crippen molar-refractivity contribution < 1.29 is 21.6 Å². The molecule has 0 aliphatic carbocycles. The molecule has 1 heterocycles. The molecule has 0 spiro atoms. The zero-order valence-corrected chi connectivity index (χ0v) is 16.9. The van der Waals surface area contributed by atoms with Gasteiger partial charge in [-0.05, 0) is 29.8 Å². The van der Waals surface area contributed by atoms with E-state index >= 15 is 0 Å². The van der Waals surface area contributed by atoms with E-state index in [0.717, 1.165) is 29.8 Å². The van der Waals surface area contributed by atoms with Crippen LogP contribution in [-0.4, -0.2) is 23.2 Å². The van der Waals surface area contributed by atoms with Crippen molar-refractivity contribution in [2.24, 2.45) is 7.05 Å². The highest BCUT2D eigenvalue weighted by atomic mass is 32.2. The van der Waals surface area contributed by atoms with Gasteiger partial charge in [-0.25, -0.2) is 13.1 Å². The predicted molar refractivity (Wildman–Crippen MR) is 102 cm³/mol. The fraction of sp³-hybridized carbons (Fsp3) is 0.222. The molecule has 11 heteroatoms. The lowest BCUT2D eigenvalue weighted by atomic mass is 10.2. The van der Waals surface area contributed by atoms with Gasteiger partial charge in [-0.3, -0.25) is 0 Å². The molecule has 0 aliphatic rings. The summed E-state index contributed by atoms with van der Waals surface area (Å²) in [5.74, 6) is 1.07. The summed E-state index contributed by atoms with van der Waals surface area (Å²) in [6.07, 6.45) is -4.53. The summed E-state index contributed by atoms with van der Waals surface area (Å²) in [6, 6.07) is 13.1. The van der Waals surface area contributed by atoms with Gasteiger partial charge in [0.25, 0.3) is 0 Å². The van der Waals surface area contributed by atoms with Crippen LogP contribution in [-0.2, 0) is 35.5 Å². The van der Waals surface area contributed by atoms with Gasteiger partial charge in [0.15, 0.2) is 5.16 Å². The lowest BCUT2D eigenvalue weighted by Gasteiger charge is -2.09. The molecule has 0 radical (unpaired) electrons. The second-order valence-corrected chi connectivity index (χ2v) is 8.79. The van der Waals surface area contributed by atoms with Crippen molar-refractivity contribution >= 4 is 21.8 Å². The van der Waals surface area contributed by atoms with Crippen molar-refractivity contribution in [3.63, 3.8) is 0 Å². The third-order valence-corrected chi connectivity index (χ3v) is 6.56. The first-order valence-electron chi connectivity index (χ1n) is 8.39. The van der Waals surface area contributed by atoms with Crippen molar-refractivity contribution in [3.05, 3.63) is 71.5 Å². The van der Waals surface area contributed by atoms with Crippen molar-refractivity contribution in [3.8, 4) is 0 Å². The number of alkyl halides is 3. The average Bonchev–Trinajstić information content (AvgIpc) is 3.05. The minimum atomic E-state index is -4.53. The highest BCUT2D eigenvalue weighted by Gasteiger charge is 2.30. The summed E-state index contributed by atoms with van der Waals surface area (Å²) in [5.41, 5.74) is 0.204. The van der Waals surface area contributed by atoms with Crippen molar-refractivity contribution in [1.29, 1.82) is 0 Å². The largest absolute Gasteiger partial charge is 0.416 e. The van der Waals surface area contributed by atoms with Gasteiger partial charge in [-0.15, -0.1) is 10.2 Å². The third kappa shape index (κ3) is 5.37. The molecule has 0 fully saturated rings. The van der Waals surface area contributed by atoms with E-state index in [1.165, 1.54) is 11.8 Å². The number of hydrogen-bond acceptors (Lipinski definition) is 5. The summed E-state index contributed by atoms with van der Waals surface area (Å²) in [5, 5.41) is 8.67. The van der Waals surface area contributed by atoms with E-state index in [9.17, 15) is 21.6 Å². The number of nitrogens with zero attached hydrogens (tertiary/aromatic N) is 3. The lowest BCUT2D eigenvalue weighted by Crippen LogP contribution is -2.25. The van der Waals surface area contributed by atoms with Gasteiger partial charge in [0.05, 0.1) is 17.0 Å². The molecular formula is C18H17F3N4O2S2. The summed E-state index contributed by atoms with van der Waals surface area (Å²) in [7, 11) is -2.27. The first-order chi connectivity index (χ1) is 13.7. The Labute approximate surface area is 170 Å². The summed E-state index contributed by atoms with van der Waals surface area (Å²) in [6.45, 7) is -0.140. The SMILES string of the molecule is Cn1c(CNS(=O)(=O)c2ccc(C(F)(F)F)cc2)nnc1SCc1ccccc1. The standard InChI is InChI=1S/C18H17F3N4O2S2/c1-25-16(23-24-17(25)28-12-13-5-3-2-4-6-13)11-22-29(26,27)15-9-7-14(8-10-15)18(19,20)21/h2-10,22H,11-12H2,1H3. The van der Waals surface area contributed by atoms with Crippen molar-refractivity contribution in [1.82, 2.24) is 19.5 Å². The molecule has 0 amide bonds. The minimum absolute atomic E-state index is 0.140. The Hall–Kier alpha value is -2.37. The van der Waals surface area contributed by atoms with Gasteiger partial charge in [0.2, 0.25) is 10.0 Å². The van der Waals surface area contributed by atoms with E-state index in [2.05, 4.69) is 14.9 Å². The van der Waals surface area contributed by atoms with Crippen molar-refractivity contribution in [2.75, 3.05) is 0 Å². The number of rotatable bonds is 7. The number of thioether (sulfide) groups is 1. The van der Waals surface area contributed by atoms with Crippen LogP contribution in [0, 0.1) is 0 Å². The average molecular weight is 442 g/mol. The van der Waals surface area contributed by atoms with Crippen LogP contribution in [0.4, 0.5) is 13.2 Å². The normalized spacial score (nSPS) is 12.3. The Balaban J connectivity index is 1.64. The second kappa shape index (κ2) is 8.56. The van der Waals surface area contributed by atoms with Crippen molar-refractivity contribution in [2.45, 2.75) is 28.5 Å². The van der Waals surface area contributed by atoms with E-state index in [1.54, 1.807) is 11.6 Å². The number of benzene rings is 2. The summed E-state index contributed by atoms with van der Waals surface area (Å²) < 4.78 is 66.5. The number of halogens is 3. The Morgan fingerprint density at radius 3 is 2.31 bits per heavy atom. The second-order valence-electron chi connectivity index (χ2n) is 6.08. The lowest BCUT2D eigenvalue weighted by molar-refractivity contribution is -0.137. The maximum Gasteiger partial charge on any atom is 0.416 e. The molecule has 6 nitrogen and oxygen atoms in total.